The highest BCUT2D eigenvalue weighted by atomic mass is 19.1. The van der Waals surface area contributed by atoms with Crippen LogP contribution in [0.2, 0.25) is 0 Å². The van der Waals surface area contributed by atoms with Gasteiger partial charge in [0.05, 0.1) is 6.61 Å². The molecule has 0 spiro atoms. The Morgan fingerprint density at radius 3 is 2.84 bits per heavy atom. The average molecular weight is 269 g/mol. The maximum absolute atomic E-state index is 13.2. The maximum Gasteiger partial charge on any atom is 0.123 e. The van der Waals surface area contributed by atoms with E-state index in [0.717, 1.165) is 43.5 Å². The fourth-order valence-electron chi connectivity index (χ4n) is 1.80. The quantitative estimate of drug-likeness (QED) is 0.642. The van der Waals surface area contributed by atoms with Gasteiger partial charge in [0.25, 0.3) is 0 Å². The molecule has 1 aromatic carbocycles. The second-order valence-corrected chi connectivity index (χ2v) is 4.56. The summed E-state index contributed by atoms with van der Waals surface area (Å²) >= 11 is 0. The zero-order valence-corrected chi connectivity index (χ0v) is 11.6. The van der Waals surface area contributed by atoms with Crippen LogP contribution in [0.15, 0.2) is 18.2 Å². The molecule has 0 unspecified atom stereocenters. The number of nitrogens with one attached hydrogen (secondary N) is 1. The van der Waals surface area contributed by atoms with Gasteiger partial charge < -0.3 is 15.2 Å². The predicted molar refractivity (Wildman–Crippen MR) is 74.8 cm³/mol. The summed E-state index contributed by atoms with van der Waals surface area (Å²) < 4.78 is 18.9. The van der Waals surface area contributed by atoms with E-state index in [9.17, 15) is 4.39 Å². The van der Waals surface area contributed by atoms with E-state index >= 15 is 0 Å². The Balaban J connectivity index is 2.45. The van der Waals surface area contributed by atoms with Gasteiger partial charge in [-0.3, -0.25) is 0 Å². The molecule has 19 heavy (non-hydrogen) atoms. The van der Waals surface area contributed by atoms with Crippen LogP contribution < -0.4 is 10.1 Å². The molecule has 0 saturated carbocycles. The molecule has 3 nitrogen and oxygen atoms in total. The minimum atomic E-state index is -0.235. The van der Waals surface area contributed by atoms with Gasteiger partial charge in [-0.1, -0.05) is 6.92 Å². The molecule has 0 saturated heterocycles. The summed E-state index contributed by atoms with van der Waals surface area (Å²) in [4.78, 5) is 0. The van der Waals surface area contributed by atoms with Crippen molar-refractivity contribution in [1.82, 2.24) is 5.32 Å². The van der Waals surface area contributed by atoms with Crippen molar-refractivity contribution in [3.8, 4) is 5.75 Å². The summed E-state index contributed by atoms with van der Waals surface area (Å²) in [5.74, 6) is 0.509. The SMILES string of the molecule is CCCNCc1cc(F)ccc1OCCCCCO. The van der Waals surface area contributed by atoms with Crippen LogP contribution in [0.5, 0.6) is 5.75 Å². The lowest BCUT2D eigenvalue weighted by atomic mass is 10.2. The summed E-state index contributed by atoms with van der Waals surface area (Å²) in [6.45, 7) is 4.45. The van der Waals surface area contributed by atoms with Gasteiger partial charge in [-0.15, -0.1) is 0 Å². The van der Waals surface area contributed by atoms with Gasteiger partial charge in [0, 0.05) is 18.7 Å². The highest BCUT2D eigenvalue weighted by molar-refractivity contribution is 5.33. The number of aliphatic hydroxyl groups excluding tert-OH is 1. The van der Waals surface area contributed by atoms with E-state index in [4.69, 9.17) is 9.84 Å². The highest BCUT2D eigenvalue weighted by Crippen LogP contribution is 2.20. The normalized spacial score (nSPS) is 10.7. The van der Waals surface area contributed by atoms with Gasteiger partial charge >= 0.3 is 0 Å². The maximum atomic E-state index is 13.2. The third kappa shape index (κ3) is 6.55. The van der Waals surface area contributed by atoms with Crippen molar-refractivity contribution >= 4 is 0 Å². The van der Waals surface area contributed by atoms with E-state index in [1.165, 1.54) is 12.1 Å². The number of hydrogen-bond acceptors (Lipinski definition) is 3. The zero-order chi connectivity index (χ0) is 13.9. The molecule has 108 valence electrons. The smallest absolute Gasteiger partial charge is 0.123 e. The van der Waals surface area contributed by atoms with Crippen molar-refractivity contribution < 1.29 is 14.2 Å². The first-order chi connectivity index (χ1) is 9.27. The summed E-state index contributed by atoms with van der Waals surface area (Å²) in [6.07, 6.45) is 3.70. The van der Waals surface area contributed by atoms with Gasteiger partial charge in [-0.2, -0.15) is 0 Å². The van der Waals surface area contributed by atoms with E-state index in [2.05, 4.69) is 12.2 Å². The Labute approximate surface area is 114 Å². The molecule has 0 atom stereocenters. The first kappa shape index (κ1) is 15.9. The summed E-state index contributed by atoms with van der Waals surface area (Å²) in [5.41, 5.74) is 0.857. The number of rotatable bonds is 10. The first-order valence-corrected chi connectivity index (χ1v) is 7.00. The topological polar surface area (TPSA) is 41.5 Å². The fourth-order valence-corrected chi connectivity index (χ4v) is 1.80. The van der Waals surface area contributed by atoms with Gasteiger partial charge in [0.1, 0.15) is 11.6 Å². The van der Waals surface area contributed by atoms with Crippen molar-refractivity contribution in [2.75, 3.05) is 19.8 Å². The molecule has 4 heteroatoms. The van der Waals surface area contributed by atoms with Crippen molar-refractivity contribution in [2.24, 2.45) is 0 Å². The van der Waals surface area contributed by atoms with Crippen LogP contribution >= 0.6 is 0 Å². The van der Waals surface area contributed by atoms with Crippen LogP contribution in [-0.4, -0.2) is 24.9 Å². The van der Waals surface area contributed by atoms with E-state index in [1.54, 1.807) is 6.07 Å². The molecule has 0 radical (unpaired) electrons. The minimum absolute atomic E-state index is 0.225. The van der Waals surface area contributed by atoms with Crippen LogP contribution in [0.3, 0.4) is 0 Å². The molecule has 0 bridgehead atoms. The second kappa shape index (κ2) is 9.75. The molecular weight excluding hydrogens is 245 g/mol. The monoisotopic (exact) mass is 269 g/mol. The van der Waals surface area contributed by atoms with E-state index < -0.39 is 0 Å². The molecular formula is C15H24FNO2. The van der Waals surface area contributed by atoms with Crippen molar-refractivity contribution in [3.05, 3.63) is 29.6 Å². The highest BCUT2D eigenvalue weighted by Gasteiger charge is 2.05. The van der Waals surface area contributed by atoms with E-state index in [0.29, 0.717) is 13.2 Å². The minimum Gasteiger partial charge on any atom is -0.493 e. The Morgan fingerprint density at radius 1 is 1.26 bits per heavy atom. The van der Waals surface area contributed by atoms with E-state index in [-0.39, 0.29) is 12.4 Å². The van der Waals surface area contributed by atoms with Crippen molar-refractivity contribution in [2.45, 2.75) is 39.2 Å². The van der Waals surface area contributed by atoms with Crippen LogP contribution in [-0.2, 0) is 6.54 Å². The van der Waals surface area contributed by atoms with Crippen molar-refractivity contribution in [1.29, 1.82) is 0 Å². The third-order valence-electron chi connectivity index (χ3n) is 2.82. The van der Waals surface area contributed by atoms with Gasteiger partial charge in [0.15, 0.2) is 0 Å². The summed E-state index contributed by atoms with van der Waals surface area (Å²) in [5, 5.41) is 11.9. The number of halogens is 1. The number of hydrogen-bond donors (Lipinski definition) is 2. The molecule has 0 aromatic heterocycles. The first-order valence-electron chi connectivity index (χ1n) is 7.00. The average Bonchev–Trinajstić information content (AvgIpc) is 2.41. The van der Waals surface area contributed by atoms with Crippen LogP contribution in [0.25, 0.3) is 0 Å². The molecule has 0 aliphatic heterocycles. The molecule has 0 amide bonds. The van der Waals surface area contributed by atoms with E-state index in [1.807, 2.05) is 0 Å². The zero-order valence-electron chi connectivity index (χ0n) is 11.6. The summed E-state index contributed by atoms with van der Waals surface area (Å²) in [7, 11) is 0. The molecule has 1 rings (SSSR count). The predicted octanol–water partition coefficient (Wildman–Crippen LogP) is 2.87. The molecule has 0 heterocycles. The standard InChI is InChI=1S/C15H24FNO2/c1-2-8-17-12-13-11-14(16)6-7-15(13)19-10-5-3-4-9-18/h6-7,11,17-18H,2-5,8-10,12H2,1H3. The molecule has 0 aliphatic rings. The lowest BCUT2D eigenvalue weighted by Crippen LogP contribution is -2.15. The number of ether oxygens (including phenoxy) is 1. The van der Waals surface area contributed by atoms with Gasteiger partial charge in [-0.05, 0) is 50.4 Å². The lowest BCUT2D eigenvalue weighted by Gasteiger charge is -2.12. The largest absolute Gasteiger partial charge is 0.493 e. The Kier molecular flexibility index (Phi) is 8.18. The fraction of sp³-hybridized carbons (Fsp3) is 0.600. The van der Waals surface area contributed by atoms with Crippen LogP contribution in [0, 0.1) is 5.82 Å². The molecule has 0 aliphatic carbocycles. The number of benzene rings is 1. The van der Waals surface area contributed by atoms with Crippen LogP contribution in [0.4, 0.5) is 4.39 Å². The number of aliphatic hydroxyl groups is 1. The van der Waals surface area contributed by atoms with Crippen LogP contribution in [0.1, 0.15) is 38.2 Å². The Morgan fingerprint density at radius 2 is 2.11 bits per heavy atom. The Bertz CT molecular complexity index is 358. The molecule has 2 N–H and O–H groups in total. The summed E-state index contributed by atoms with van der Waals surface area (Å²) in [6, 6.07) is 4.63. The second-order valence-electron chi connectivity index (χ2n) is 4.56. The number of unbranched alkanes of at least 4 members (excludes halogenated alkanes) is 2. The Hall–Kier alpha value is -1.13. The third-order valence-corrected chi connectivity index (χ3v) is 2.82. The van der Waals surface area contributed by atoms with Crippen molar-refractivity contribution in [3.63, 3.8) is 0 Å². The lowest BCUT2D eigenvalue weighted by molar-refractivity contribution is 0.265. The molecule has 1 aromatic rings. The van der Waals surface area contributed by atoms with Gasteiger partial charge in [-0.25, -0.2) is 4.39 Å². The molecule has 0 fully saturated rings. The van der Waals surface area contributed by atoms with Gasteiger partial charge in [0.2, 0.25) is 0 Å².